The molecule has 1 aliphatic heterocycles. The predicted molar refractivity (Wildman–Crippen MR) is 60.0 cm³/mol. The molecule has 1 aromatic carbocycles. The van der Waals surface area contributed by atoms with Gasteiger partial charge in [-0.1, -0.05) is 12.1 Å². The van der Waals surface area contributed by atoms with Gasteiger partial charge in [0.2, 0.25) is 0 Å². The molecule has 2 rings (SSSR count). The van der Waals surface area contributed by atoms with Gasteiger partial charge < -0.3 is 10.1 Å². The van der Waals surface area contributed by atoms with Crippen molar-refractivity contribution in [3.8, 4) is 5.75 Å². The van der Waals surface area contributed by atoms with Crippen molar-refractivity contribution in [3.05, 3.63) is 29.8 Å². The summed E-state index contributed by atoms with van der Waals surface area (Å²) in [4.78, 5) is 11.8. The van der Waals surface area contributed by atoms with E-state index in [1.54, 1.807) is 18.2 Å². The minimum absolute atomic E-state index is 0.150. The molecule has 1 fully saturated rings. The number of hydrogen-bond donors (Lipinski definition) is 2. The van der Waals surface area contributed by atoms with E-state index in [0.717, 1.165) is 18.1 Å². The Morgan fingerprint density at radius 2 is 2.19 bits per heavy atom. The Kier molecular flexibility index (Phi) is 3.07. The van der Waals surface area contributed by atoms with Crippen molar-refractivity contribution in [2.45, 2.75) is 6.10 Å². The van der Waals surface area contributed by atoms with Gasteiger partial charge in [0.1, 0.15) is 11.9 Å². The molecule has 5 nitrogen and oxygen atoms in total. The summed E-state index contributed by atoms with van der Waals surface area (Å²) < 4.78 is 5.69. The summed E-state index contributed by atoms with van der Waals surface area (Å²) in [7, 11) is 1.52. The number of amides is 1. The van der Waals surface area contributed by atoms with Crippen LogP contribution in [-0.4, -0.2) is 37.2 Å². The molecule has 0 aromatic heterocycles. The summed E-state index contributed by atoms with van der Waals surface area (Å²) in [6.45, 7) is 1.64. The lowest BCUT2D eigenvalue weighted by Crippen LogP contribution is -2.50. The quantitative estimate of drug-likeness (QED) is 0.428. The van der Waals surface area contributed by atoms with Gasteiger partial charge in [0.25, 0.3) is 5.91 Å². The van der Waals surface area contributed by atoms with Gasteiger partial charge in [0.05, 0.1) is 5.56 Å². The predicted octanol–water partition coefficient (Wildman–Crippen LogP) is -0.0171. The van der Waals surface area contributed by atoms with Crippen molar-refractivity contribution >= 4 is 5.91 Å². The van der Waals surface area contributed by atoms with E-state index < -0.39 is 0 Å². The zero-order chi connectivity index (χ0) is 11.5. The number of rotatable bonds is 3. The fourth-order valence-corrected chi connectivity index (χ4v) is 1.46. The molecule has 0 aliphatic carbocycles. The minimum atomic E-state index is -0.247. The lowest BCUT2D eigenvalue weighted by molar-refractivity contribution is 0.0782. The molecular formula is C11H15N3O2. The molecule has 0 bridgehead atoms. The molecule has 1 saturated heterocycles. The van der Waals surface area contributed by atoms with Gasteiger partial charge in [0.15, 0.2) is 0 Å². The molecule has 3 N–H and O–H groups in total. The van der Waals surface area contributed by atoms with Crippen molar-refractivity contribution in [1.82, 2.24) is 10.3 Å². The fraction of sp³-hybridized carbons (Fsp3) is 0.364. The molecule has 1 heterocycles. The smallest absolute Gasteiger partial charge is 0.271 e. The maximum absolute atomic E-state index is 11.8. The molecular weight excluding hydrogens is 206 g/mol. The van der Waals surface area contributed by atoms with Gasteiger partial charge in [-0.25, -0.2) is 5.84 Å². The highest BCUT2D eigenvalue weighted by Crippen LogP contribution is 2.21. The number of nitrogens with one attached hydrogen (secondary N) is 1. The van der Waals surface area contributed by atoms with Crippen LogP contribution in [0.4, 0.5) is 0 Å². The van der Waals surface area contributed by atoms with Crippen molar-refractivity contribution in [1.29, 1.82) is 0 Å². The zero-order valence-corrected chi connectivity index (χ0v) is 9.14. The Balaban J connectivity index is 2.19. The van der Waals surface area contributed by atoms with Crippen LogP contribution in [0.1, 0.15) is 10.4 Å². The van der Waals surface area contributed by atoms with Gasteiger partial charge in [-0.15, -0.1) is 0 Å². The second-order valence-electron chi connectivity index (χ2n) is 3.81. The van der Waals surface area contributed by atoms with Crippen LogP contribution in [0.5, 0.6) is 5.75 Å². The van der Waals surface area contributed by atoms with E-state index >= 15 is 0 Å². The van der Waals surface area contributed by atoms with Gasteiger partial charge in [0, 0.05) is 20.1 Å². The third-order valence-corrected chi connectivity index (χ3v) is 2.48. The molecule has 16 heavy (non-hydrogen) atoms. The molecule has 0 radical (unpaired) electrons. The summed E-state index contributed by atoms with van der Waals surface area (Å²) in [6, 6.07) is 7.14. The number of ether oxygens (including phenoxy) is 1. The number of nitrogens with two attached hydrogens (primary N) is 1. The Morgan fingerprint density at radius 1 is 1.50 bits per heavy atom. The van der Waals surface area contributed by atoms with Crippen molar-refractivity contribution in [2.24, 2.45) is 5.84 Å². The first kappa shape index (κ1) is 10.9. The lowest BCUT2D eigenvalue weighted by atomic mass is 10.1. The number of nitrogens with zero attached hydrogens (tertiary/aromatic N) is 1. The number of carbonyl (C=O) groups excluding carboxylic acids is 1. The Bertz CT molecular complexity index is 389. The zero-order valence-electron chi connectivity index (χ0n) is 9.14. The largest absolute Gasteiger partial charge is 0.487 e. The first-order valence-electron chi connectivity index (χ1n) is 5.17. The average molecular weight is 221 g/mol. The highest BCUT2D eigenvalue weighted by atomic mass is 16.5. The maximum Gasteiger partial charge on any atom is 0.271 e. The van der Waals surface area contributed by atoms with Gasteiger partial charge in [-0.3, -0.25) is 9.80 Å². The second kappa shape index (κ2) is 4.51. The van der Waals surface area contributed by atoms with Crippen molar-refractivity contribution < 1.29 is 9.53 Å². The van der Waals surface area contributed by atoms with Crippen LogP contribution in [0.15, 0.2) is 24.3 Å². The molecule has 0 unspecified atom stereocenters. The molecule has 5 heteroatoms. The third-order valence-electron chi connectivity index (χ3n) is 2.48. The number of benzene rings is 1. The Hall–Kier alpha value is -1.59. The number of carbonyl (C=O) groups is 1. The van der Waals surface area contributed by atoms with Gasteiger partial charge >= 0.3 is 0 Å². The fourth-order valence-electron chi connectivity index (χ4n) is 1.46. The maximum atomic E-state index is 11.8. The third kappa shape index (κ3) is 2.15. The Morgan fingerprint density at radius 3 is 2.75 bits per heavy atom. The topological polar surface area (TPSA) is 67.6 Å². The molecule has 1 aromatic rings. The molecule has 0 saturated carbocycles. The van der Waals surface area contributed by atoms with E-state index in [4.69, 9.17) is 10.6 Å². The van der Waals surface area contributed by atoms with E-state index in [0.29, 0.717) is 11.3 Å². The summed E-state index contributed by atoms with van der Waals surface area (Å²) in [5, 5.41) is 4.16. The van der Waals surface area contributed by atoms with E-state index in [1.807, 2.05) is 6.07 Å². The lowest BCUT2D eigenvalue weighted by Gasteiger charge is -2.28. The van der Waals surface area contributed by atoms with Crippen LogP contribution < -0.4 is 15.9 Å². The van der Waals surface area contributed by atoms with E-state index in [1.165, 1.54) is 7.05 Å². The van der Waals surface area contributed by atoms with Crippen molar-refractivity contribution in [2.75, 3.05) is 20.1 Å². The molecule has 1 aliphatic rings. The SMILES string of the molecule is CN(N)C(=O)c1ccccc1OC1CNC1. The number of para-hydroxylation sites is 1. The Labute approximate surface area is 94.1 Å². The standard InChI is InChI=1S/C11H15N3O2/c1-14(12)11(15)9-4-2-3-5-10(9)16-8-6-13-7-8/h2-5,8,13H,6-7,12H2,1H3. The first-order valence-corrected chi connectivity index (χ1v) is 5.17. The highest BCUT2D eigenvalue weighted by Gasteiger charge is 2.21. The van der Waals surface area contributed by atoms with Crippen LogP contribution in [0.2, 0.25) is 0 Å². The summed E-state index contributed by atoms with van der Waals surface area (Å²) in [5.41, 5.74) is 0.499. The first-order chi connectivity index (χ1) is 7.68. The molecule has 0 spiro atoms. The monoisotopic (exact) mass is 221 g/mol. The van der Waals surface area contributed by atoms with Crippen LogP contribution >= 0.6 is 0 Å². The number of hydrogen-bond acceptors (Lipinski definition) is 4. The molecule has 86 valence electrons. The van der Waals surface area contributed by atoms with Crippen LogP contribution in [0, 0.1) is 0 Å². The number of hydrazine groups is 1. The normalized spacial score (nSPS) is 15.4. The highest BCUT2D eigenvalue weighted by molar-refractivity contribution is 5.96. The summed E-state index contributed by atoms with van der Waals surface area (Å²) in [6.07, 6.45) is 0.150. The second-order valence-corrected chi connectivity index (χ2v) is 3.81. The minimum Gasteiger partial charge on any atom is -0.487 e. The molecule has 1 amide bonds. The van der Waals surface area contributed by atoms with Crippen LogP contribution in [-0.2, 0) is 0 Å². The van der Waals surface area contributed by atoms with Gasteiger partial charge in [-0.2, -0.15) is 0 Å². The van der Waals surface area contributed by atoms with Crippen LogP contribution in [0.3, 0.4) is 0 Å². The van der Waals surface area contributed by atoms with Crippen LogP contribution in [0.25, 0.3) is 0 Å². The summed E-state index contributed by atoms with van der Waals surface area (Å²) in [5.74, 6) is 5.78. The van der Waals surface area contributed by atoms with E-state index in [9.17, 15) is 4.79 Å². The van der Waals surface area contributed by atoms with E-state index in [-0.39, 0.29) is 12.0 Å². The molecule has 0 atom stereocenters. The summed E-state index contributed by atoms with van der Waals surface area (Å²) >= 11 is 0. The van der Waals surface area contributed by atoms with Crippen molar-refractivity contribution in [3.63, 3.8) is 0 Å². The average Bonchev–Trinajstić information content (AvgIpc) is 2.23. The van der Waals surface area contributed by atoms with Gasteiger partial charge in [-0.05, 0) is 12.1 Å². The van der Waals surface area contributed by atoms with E-state index in [2.05, 4.69) is 5.32 Å².